The number of carbonyl (C=O) groups excluding carboxylic acids is 1. The second-order valence-electron chi connectivity index (χ2n) is 5.33. The minimum atomic E-state index is -0.934. The molecule has 5 nitrogen and oxygen atoms in total. The summed E-state index contributed by atoms with van der Waals surface area (Å²) in [6.45, 7) is 1.85. The number of hydrogen-bond donors (Lipinski definition) is 1. The van der Waals surface area contributed by atoms with E-state index < -0.39 is 28.7 Å². The fraction of sp³-hybridized carbons (Fsp3) is 0.333. The first-order valence-electron chi connectivity index (χ1n) is 6.74. The molecular weight excluding hydrogens is 357 g/mol. The van der Waals surface area contributed by atoms with Crippen molar-refractivity contribution >= 4 is 32.8 Å². The summed E-state index contributed by atoms with van der Waals surface area (Å²) in [6.07, 6.45) is 1.21. The van der Waals surface area contributed by atoms with E-state index in [2.05, 4.69) is 20.7 Å². The van der Waals surface area contributed by atoms with Crippen molar-refractivity contribution in [1.82, 2.24) is 4.57 Å². The minimum Gasteiger partial charge on any atom is -0.506 e. The summed E-state index contributed by atoms with van der Waals surface area (Å²) in [4.78, 5) is 24.5. The molecule has 0 saturated heterocycles. The normalized spacial score (nSPS) is 16.8. The number of halogens is 2. The van der Waals surface area contributed by atoms with Crippen molar-refractivity contribution in [3.05, 3.63) is 37.8 Å². The molecule has 1 atom stereocenters. The molecule has 1 N–H and O–H groups in total. The molecule has 1 aliphatic rings. The van der Waals surface area contributed by atoms with Gasteiger partial charge in [0.2, 0.25) is 0 Å². The highest BCUT2D eigenvalue weighted by atomic mass is 79.9. The third-order valence-electron chi connectivity index (χ3n) is 4.09. The molecule has 0 bridgehead atoms. The van der Waals surface area contributed by atoms with Crippen molar-refractivity contribution in [2.75, 3.05) is 7.11 Å². The van der Waals surface area contributed by atoms with Crippen LogP contribution in [0.2, 0.25) is 0 Å². The highest BCUT2D eigenvalue weighted by Crippen LogP contribution is 2.39. The van der Waals surface area contributed by atoms with E-state index in [-0.39, 0.29) is 15.9 Å². The second kappa shape index (κ2) is 5.08. The van der Waals surface area contributed by atoms with E-state index in [0.29, 0.717) is 23.9 Å². The molecule has 116 valence electrons. The van der Waals surface area contributed by atoms with Crippen molar-refractivity contribution in [2.24, 2.45) is 0 Å². The number of pyridine rings is 1. The fourth-order valence-electron chi connectivity index (χ4n) is 3.00. The lowest BCUT2D eigenvalue weighted by molar-refractivity contribution is 0.0594. The van der Waals surface area contributed by atoms with Gasteiger partial charge in [0, 0.05) is 11.4 Å². The van der Waals surface area contributed by atoms with E-state index in [0.717, 1.165) is 13.2 Å². The maximum absolute atomic E-state index is 14.1. The molecule has 2 heterocycles. The molecule has 2 aromatic rings. The topological polar surface area (TPSA) is 68.5 Å². The highest BCUT2D eigenvalue weighted by molar-refractivity contribution is 9.10. The third-order valence-corrected chi connectivity index (χ3v) is 4.95. The molecule has 1 unspecified atom stereocenters. The molecule has 0 saturated carbocycles. The van der Waals surface area contributed by atoms with Gasteiger partial charge in [0.1, 0.15) is 11.6 Å². The van der Waals surface area contributed by atoms with Crippen LogP contribution in [0.3, 0.4) is 0 Å². The van der Waals surface area contributed by atoms with Gasteiger partial charge >= 0.3 is 5.97 Å². The van der Waals surface area contributed by atoms with E-state index >= 15 is 0 Å². The summed E-state index contributed by atoms with van der Waals surface area (Å²) in [5, 5.41) is 10.4. The molecular formula is C15H13BrFNO4. The van der Waals surface area contributed by atoms with Gasteiger partial charge < -0.3 is 14.4 Å². The first-order valence-corrected chi connectivity index (χ1v) is 7.54. The molecule has 1 aromatic heterocycles. The van der Waals surface area contributed by atoms with Crippen LogP contribution in [0, 0.1) is 5.82 Å². The van der Waals surface area contributed by atoms with Crippen molar-refractivity contribution in [3.8, 4) is 5.75 Å². The van der Waals surface area contributed by atoms with Crippen LogP contribution >= 0.6 is 15.9 Å². The van der Waals surface area contributed by atoms with Crippen molar-refractivity contribution in [2.45, 2.75) is 25.8 Å². The molecule has 1 aliphatic heterocycles. The number of methoxy groups -OCH3 is 1. The van der Waals surface area contributed by atoms with Crippen LogP contribution in [0.4, 0.5) is 4.39 Å². The van der Waals surface area contributed by atoms with Gasteiger partial charge in [-0.1, -0.05) is 0 Å². The Balaban J connectivity index is 2.59. The highest BCUT2D eigenvalue weighted by Gasteiger charge is 2.30. The zero-order valence-electron chi connectivity index (χ0n) is 11.9. The molecule has 22 heavy (non-hydrogen) atoms. The van der Waals surface area contributed by atoms with Crippen molar-refractivity contribution in [1.29, 1.82) is 0 Å². The lowest BCUT2D eigenvalue weighted by atomic mass is 9.95. The van der Waals surface area contributed by atoms with Crippen molar-refractivity contribution < 1.29 is 19.0 Å². The average molecular weight is 370 g/mol. The zero-order valence-corrected chi connectivity index (χ0v) is 13.5. The monoisotopic (exact) mass is 369 g/mol. The van der Waals surface area contributed by atoms with E-state index in [1.807, 2.05) is 6.92 Å². The maximum Gasteiger partial charge on any atom is 0.347 e. The SMILES string of the molecule is COC(=O)c1c(O)c2cc(F)c(Br)c3c2n(c1=O)C(C)CC3. The molecule has 0 fully saturated rings. The van der Waals surface area contributed by atoms with Crippen LogP contribution < -0.4 is 5.56 Å². The Labute approximate surface area is 133 Å². The number of aryl methyl sites for hydroxylation is 1. The van der Waals surface area contributed by atoms with E-state index in [1.54, 1.807) is 0 Å². The zero-order chi connectivity index (χ0) is 16.2. The quantitative estimate of drug-likeness (QED) is 0.784. The Morgan fingerprint density at radius 1 is 1.55 bits per heavy atom. The average Bonchev–Trinajstić information content (AvgIpc) is 2.49. The number of aromatic nitrogens is 1. The molecule has 0 aliphatic carbocycles. The standard InChI is InChI=1S/C15H13BrFNO4/c1-6-3-4-7-11(16)9(17)5-8-12(7)18(6)14(20)10(13(8)19)15(21)22-2/h5-6,19H,3-4H2,1-2H3. The number of nitrogens with zero attached hydrogens (tertiary/aromatic N) is 1. The largest absolute Gasteiger partial charge is 0.506 e. The smallest absolute Gasteiger partial charge is 0.347 e. The minimum absolute atomic E-state index is 0.141. The lowest BCUT2D eigenvalue weighted by Crippen LogP contribution is -2.32. The van der Waals surface area contributed by atoms with Gasteiger partial charge in [-0.15, -0.1) is 0 Å². The van der Waals surface area contributed by atoms with Crippen LogP contribution in [0.25, 0.3) is 10.9 Å². The molecule has 1 aromatic carbocycles. The van der Waals surface area contributed by atoms with Crippen LogP contribution in [0.15, 0.2) is 15.3 Å². The number of carbonyl (C=O) groups is 1. The Hall–Kier alpha value is -1.89. The summed E-state index contributed by atoms with van der Waals surface area (Å²) in [7, 11) is 1.12. The van der Waals surface area contributed by atoms with Gasteiger partial charge in [0.25, 0.3) is 5.56 Å². The Morgan fingerprint density at radius 2 is 2.23 bits per heavy atom. The number of ether oxygens (including phenoxy) is 1. The first-order chi connectivity index (χ1) is 10.4. The van der Waals surface area contributed by atoms with Crippen molar-refractivity contribution in [3.63, 3.8) is 0 Å². The third kappa shape index (κ3) is 1.88. The van der Waals surface area contributed by atoms with Crippen LogP contribution in [0.1, 0.15) is 35.3 Å². The molecule has 0 radical (unpaired) electrons. The Morgan fingerprint density at radius 3 is 2.86 bits per heavy atom. The van der Waals surface area contributed by atoms with Gasteiger partial charge in [-0.25, -0.2) is 9.18 Å². The van der Waals surface area contributed by atoms with Gasteiger partial charge in [-0.3, -0.25) is 4.79 Å². The summed E-state index contributed by atoms with van der Waals surface area (Å²) in [5.41, 5.74) is -0.000625. The summed E-state index contributed by atoms with van der Waals surface area (Å²) in [5.74, 6) is -2.02. The molecule has 0 spiro atoms. The predicted molar refractivity (Wildman–Crippen MR) is 81.9 cm³/mol. The van der Waals surface area contributed by atoms with Gasteiger partial charge in [0.15, 0.2) is 5.56 Å². The van der Waals surface area contributed by atoms with Gasteiger partial charge in [-0.2, -0.15) is 0 Å². The number of rotatable bonds is 1. The summed E-state index contributed by atoms with van der Waals surface area (Å²) >= 11 is 3.20. The van der Waals surface area contributed by atoms with Crippen LogP contribution in [-0.4, -0.2) is 22.8 Å². The number of aromatic hydroxyl groups is 1. The molecule has 7 heteroatoms. The summed E-state index contributed by atoms with van der Waals surface area (Å²) in [6, 6.07) is 0.961. The Bertz CT molecular complexity index is 874. The lowest BCUT2D eigenvalue weighted by Gasteiger charge is -2.27. The van der Waals surface area contributed by atoms with E-state index in [9.17, 15) is 19.1 Å². The van der Waals surface area contributed by atoms with E-state index in [4.69, 9.17) is 0 Å². The predicted octanol–water partition coefficient (Wildman–Crippen LogP) is 2.90. The second-order valence-corrected chi connectivity index (χ2v) is 6.12. The summed E-state index contributed by atoms with van der Waals surface area (Å²) < 4.78 is 20.4. The molecule has 3 rings (SSSR count). The van der Waals surface area contributed by atoms with Gasteiger partial charge in [-0.05, 0) is 47.3 Å². The fourth-order valence-corrected chi connectivity index (χ4v) is 3.50. The van der Waals surface area contributed by atoms with E-state index in [1.165, 1.54) is 4.57 Å². The molecule has 0 amide bonds. The maximum atomic E-state index is 14.1. The Kier molecular flexibility index (Phi) is 3.47. The number of hydrogen-bond acceptors (Lipinski definition) is 4. The van der Waals surface area contributed by atoms with Crippen LogP contribution in [-0.2, 0) is 11.2 Å². The van der Waals surface area contributed by atoms with Crippen LogP contribution in [0.5, 0.6) is 5.75 Å². The number of esters is 1. The number of benzene rings is 1. The van der Waals surface area contributed by atoms with Gasteiger partial charge in [0.05, 0.1) is 17.1 Å². The first kappa shape index (κ1) is 15.0.